The second-order valence-corrected chi connectivity index (χ2v) is 14.8. The number of halogens is 6. The molecule has 2 fully saturated rings. The summed E-state index contributed by atoms with van der Waals surface area (Å²) in [4.78, 5) is 16.1. The number of fused-ring (bicyclic) bond motifs is 1. The van der Waals surface area contributed by atoms with Gasteiger partial charge < -0.3 is 14.5 Å². The third-order valence-electron chi connectivity index (χ3n) is 8.74. The third kappa shape index (κ3) is 8.38. The summed E-state index contributed by atoms with van der Waals surface area (Å²) in [6.07, 6.45) is -6.71. The number of carbonyl (C=O) groups is 1. The van der Waals surface area contributed by atoms with E-state index in [1.165, 1.54) is 16.4 Å². The Bertz CT molecular complexity index is 1500. The largest absolute Gasteiger partial charge is 0.417 e. The van der Waals surface area contributed by atoms with Crippen molar-refractivity contribution in [1.82, 2.24) is 23.9 Å². The number of thioether (sulfide) groups is 1. The molecule has 1 aromatic heterocycles. The average molecular weight is 698 g/mol. The zero-order valence-corrected chi connectivity index (χ0v) is 27.0. The molecular weight excluding hydrogens is 660 g/mol. The lowest BCUT2D eigenvalue weighted by Crippen LogP contribution is -2.41. The van der Waals surface area contributed by atoms with Gasteiger partial charge in [0, 0.05) is 60.9 Å². The summed E-state index contributed by atoms with van der Waals surface area (Å²) >= 11 is 0.796. The standard InChI is InChI=1S/C29H37F6N5O4S2/c1-46(42,43)39-12-7-24-22(18-39)27(36-40(24)9-2-8-37-10-5-21(6-11-37)28(30,31)32)20-3-4-23(29(33,34)35)25(17-20)45-19-26(41)38-13-15-44-16-14-38/h3-4,17,21H,2,5-16,18-19H2,1H3. The van der Waals surface area contributed by atoms with Crippen molar-refractivity contribution in [3.05, 3.63) is 35.0 Å². The van der Waals surface area contributed by atoms with Crippen molar-refractivity contribution in [1.29, 1.82) is 0 Å². The molecule has 46 heavy (non-hydrogen) atoms. The second kappa shape index (κ2) is 14.0. The molecule has 0 unspecified atom stereocenters. The summed E-state index contributed by atoms with van der Waals surface area (Å²) in [5.74, 6) is -1.77. The van der Waals surface area contributed by atoms with Crippen LogP contribution in [-0.4, -0.2) is 109 Å². The molecule has 0 spiro atoms. The molecule has 0 atom stereocenters. The van der Waals surface area contributed by atoms with Crippen molar-refractivity contribution < 1.29 is 44.3 Å². The number of morpholine rings is 1. The van der Waals surface area contributed by atoms with E-state index < -0.39 is 33.9 Å². The molecule has 0 bridgehead atoms. The van der Waals surface area contributed by atoms with Gasteiger partial charge in [-0.3, -0.25) is 9.48 Å². The van der Waals surface area contributed by atoms with Crippen molar-refractivity contribution in [2.75, 3.05) is 64.5 Å². The van der Waals surface area contributed by atoms with Crippen molar-refractivity contribution in [3.63, 3.8) is 0 Å². The number of piperidine rings is 1. The summed E-state index contributed by atoms with van der Waals surface area (Å²) in [6.45, 7) is 3.37. The number of benzene rings is 1. The fourth-order valence-electron chi connectivity index (χ4n) is 6.16. The molecule has 2 saturated heterocycles. The molecule has 0 N–H and O–H groups in total. The normalized spacial score (nSPS) is 19.4. The number of carbonyl (C=O) groups excluding carboxylic acids is 1. The number of aryl methyl sites for hydroxylation is 1. The number of aromatic nitrogens is 2. The van der Waals surface area contributed by atoms with Crippen LogP contribution in [0.2, 0.25) is 0 Å². The summed E-state index contributed by atoms with van der Waals surface area (Å²) in [5.41, 5.74) is 1.24. The molecule has 256 valence electrons. The summed E-state index contributed by atoms with van der Waals surface area (Å²) < 4.78 is 114. The van der Waals surface area contributed by atoms with Gasteiger partial charge in [-0.1, -0.05) is 6.07 Å². The number of hydrogen-bond acceptors (Lipinski definition) is 7. The SMILES string of the molecule is CS(=O)(=O)N1CCc2c(c(-c3ccc(C(F)(F)F)c(SCC(=O)N4CCOCC4)c3)nn2CCCN2CCC(C(F)(F)F)CC2)C1. The molecule has 0 saturated carbocycles. The molecule has 17 heteroatoms. The van der Waals surface area contributed by atoms with Crippen LogP contribution in [0, 0.1) is 5.92 Å². The Morgan fingerprint density at radius 1 is 1.02 bits per heavy atom. The summed E-state index contributed by atoms with van der Waals surface area (Å²) in [6, 6.07) is 3.63. The molecule has 1 amide bonds. The number of likely N-dealkylation sites (tertiary alicyclic amines) is 1. The van der Waals surface area contributed by atoms with Gasteiger partial charge >= 0.3 is 12.4 Å². The van der Waals surface area contributed by atoms with E-state index in [2.05, 4.69) is 0 Å². The van der Waals surface area contributed by atoms with Gasteiger partial charge in [-0.15, -0.1) is 11.8 Å². The minimum atomic E-state index is -4.66. The topological polar surface area (TPSA) is 88.0 Å². The Labute approximate surface area is 268 Å². The quantitative estimate of drug-likeness (QED) is 0.282. The van der Waals surface area contributed by atoms with Gasteiger partial charge in [0.05, 0.1) is 42.4 Å². The highest BCUT2D eigenvalue weighted by Crippen LogP contribution is 2.40. The van der Waals surface area contributed by atoms with E-state index in [1.807, 2.05) is 4.90 Å². The first kappa shape index (κ1) is 35.0. The van der Waals surface area contributed by atoms with Crippen LogP contribution >= 0.6 is 11.8 Å². The van der Waals surface area contributed by atoms with Crippen LogP contribution in [0.25, 0.3) is 11.3 Å². The van der Waals surface area contributed by atoms with Gasteiger partial charge in [0.1, 0.15) is 0 Å². The minimum absolute atomic E-state index is 0.00741. The van der Waals surface area contributed by atoms with E-state index in [0.29, 0.717) is 82.1 Å². The van der Waals surface area contributed by atoms with E-state index >= 15 is 0 Å². The molecule has 3 aliphatic heterocycles. The highest BCUT2D eigenvalue weighted by Gasteiger charge is 2.41. The van der Waals surface area contributed by atoms with Crippen molar-refractivity contribution in [2.45, 2.75) is 56.0 Å². The van der Waals surface area contributed by atoms with Gasteiger partial charge in [0.2, 0.25) is 15.9 Å². The van der Waals surface area contributed by atoms with E-state index in [1.54, 1.807) is 9.58 Å². The molecule has 1 aromatic carbocycles. The monoisotopic (exact) mass is 697 g/mol. The maximum atomic E-state index is 14.0. The first-order chi connectivity index (χ1) is 21.6. The van der Waals surface area contributed by atoms with E-state index in [9.17, 15) is 39.6 Å². The fourth-order valence-corrected chi connectivity index (χ4v) is 7.96. The Morgan fingerprint density at radius 3 is 2.35 bits per heavy atom. The van der Waals surface area contributed by atoms with Crippen LogP contribution in [-0.2, 0) is 45.2 Å². The Morgan fingerprint density at radius 2 is 1.72 bits per heavy atom. The van der Waals surface area contributed by atoms with Crippen molar-refractivity contribution in [3.8, 4) is 11.3 Å². The lowest BCUT2D eigenvalue weighted by molar-refractivity contribution is -0.185. The smallest absolute Gasteiger partial charge is 0.378 e. The minimum Gasteiger partial charge on any atom is -0.378 e. The molecule has 3 aliphatic rings. The van der Waals surface area contributed by atoms with Gasteiger partial charge in [0.15, 0.2) is 0 Å². The van der Waals surface area contributed by atoms with Crippen LogP contribution in [0.1, 0.15) is 36.1 Å². The maximum Gasteiger partial charge on any atom is 0.417 e. The molecule has 2 aromatic rings. The van der Waals surface area contributed by atoms with E-state index in [4.69, 9.17) is 9.84 Å². The number of alkyl halides is 6. The third-order valence-corrected chi connectivity index (χ3v) is 11.0. The first-order valence-electron chi connectivity index (χ1n) is 15.1. The molecule has 9 nitrogen and oxygen atoms in total. The summed E-state index contributed by atoms with van der Waals surface area (Å²) in [5, 5.41) is 4.76. The van der Waals surface area contributed by atoms with Crippen LogP contribution in [0.3, 0.4) is 0 Å². The second-order valence-electron chi connectivity index (χ2n) is 11.8. The Kier molecular flexibility index (Phi) is 10.7. The molecule has 0 radical (unpaired) electrons. The number of amides is 1. The number of ether oxygens (including phenoxy) is 1. The van der Waals surface area contributed by atoms with Crippen molar-refractivity contribution >= 4 is 27.7 Å². The predicted octanol–water partition coefficient (Wildman–Crippen LogP) is 4.50. The number of sulfonamides is 1. The average Bonchev–Trinajstić information content (AvgIpc) is 3.37. The first-order valence-corrected chi connectivity index (χ1v) is 18.0. The van der Waals surface area contributed by atoms with Crippen LogP contribution in [0.15, 0.2) is 23.1 Å². The van der Waals surface area contributed by atoms with Gasteiger partial charge in [0.25, 0.3) is 0 Å². The van der Waals surface area contributed by atoms with Crippen LogP contribution < -0.4 is 0 Å². The Balaban J connectivity index is 1.38. The molecule has 4 heterocycles. The lowest BCUT2D eigenvalue weighted by Gasteiger charge is -2.32. The maximum absolute atomic E-state index is 14.0. The zero-order chi connectivity index (χ0) is 33.3. The number of hydrogen-bond donors (Lipinski definition) is 0. The zero-order valence-electron chi connectivity index (χ0n) is 25.4. The van der Waals surface area contributed by atoms with Gasteiger partial charge in [-0.05, 0) is 51.0 Å². The van der Waals surface area contributed by atoms with E-state index in [-0.39, 0.29) is 42.5 Å². The highest BCUT2D eigenvalue weighted by molar-refractivity contribution is 8.00. The number of rotatable bonds is 9. The van der Waals surface area contributed by atoms with Crippen LogP contribution in [0.4, 0.5) is 26.3 Å². The molecule has 5 rings (SSSR count). The van der Waals surface area contributed by atoms with E-state index in [0.717, 1.165) is 29.8 Å². The van der Waals surface area contributed by atoms with Gasteiger partial charge in [-0.25, -0.2) is 8.42 Å². The molecular formula is C29H37F6N5O4S2. The number of nitrogens with zero attached hydrogens (tertiary/aromatic N) is 5. The fraction of sp³-hybridized carbons (Fsp3) is 0.655. The lowest BCUT2D eigenvalue weighted by atomic mass is 9.96. The molecule has 0 aliphatic carbocycles. The highest BCUT2D eigenvalue weighted by atomic mass is 32.2. The van der Waals surface area contributed by atoms with Gasteiger partial charge in [-0.2, -0.15) is 35.7 Å². The van der Waals surface area contributed by atoms with Crippen LogP contribution in [0.5, 0.6) is 0 Å². The van der Waals surface area contributed by atoms with Crippen molar-refractivity contribution in [2.24, 2.45) is 5.92 Å². The summed E-state index contributed by atoms with van der Waals surface area (Å²) in [7, 11) is -3.56. The predicted molar refractivity (Wildman–Crippen MR) is 160 cm³/mol. The Hall–Kier alpha value is -2.34.